The number of hydrogen-bond acceptors (Lipinski definition) is 3. The smallest absolute Gasteiger partial charge is 0.103 e. The first-order valence-electron chi connectivity index (χ1n) is 5.41. The first-order valence-corrected chi connectivity index (χ1v) is 7.22. The third-order valence-electron chi connectivity index (χ3n) is 2.39. The van der Waals surface area contributed by atoms with Crippen molar-refractivity contribution in [1.82, 2.24) is 4.98 Å². The predicted octanol–water partition coefficient (Wildman–Crippen LogP) is 4.31. The minimum Gasteiger partial charge on any atom is -0.249 e. The lowest BCUT2D eigenvalue weighted by Gasteiger charge is -2.02. The number of aryl methyl sites for hydroxylation is 2. The quantitative estimate of drug-likeness (QED) is 0.749. The van der Waals surface area contributed by atoms with Crippen LogP contribution >= 0.6 is 23.1 Å². The molecule has 0 saturated heterocycles. The van der Waals surface area contributed by atoms with Crippen LogP contribution in [-0.2, 0) is 12.2 Å². The minimum atomic E-state index is 0.982. The van der Waals surface area contributed by atoms with Crippen molar-refractivity contribution in [2.45, 2.75) is 30.9 Å². The Hall–Kier alpha value is -0.800. The van der Waals surface area contributed by atoms with Crippen LogP contribution in [0.15, 0.2) is 35.4 Å². The van der Waals surface area contributed by atoms with Crippen molar-refractivity contribution >= 4 is 23.1 Å². The van der Waals surface area contributed by atoms with Crippen LogP contribution in [0.5, 0.6) is 0 Å². The molecule has 2 rings (SSSR count). The van der Waals surface area contributed by atoms with E-state index in [2.05, 4.69) is 43.1 Å². The Labute approximate surface area is 105 Å². The minimum absolute atomic E-state index is 0.982. The Balaban J connectivity index is 1.99. The summed E-state index contributed by atoms with van der Waals surface area (Å²) in [6.07, 6.45) is 3.09. The summed E-state index contributed by atoms with van der Waals surface area (Å²) in [6.45, 7) is 4.33. The van der Waals surface area contributed by atoms with Gasteiger partial charge in [0.25, 0.3) is 0 Å². The Morgan fingerprint density at radius 2 is 2.12 bits per heavy atom. The molecule has 0 amide bonds. The highest BCUT2D eigenvalue weighted by atomic mass is 32.2. The van der Waals surface area contributed by atoms with Gasteiger partial charge in [-0.2, -0.15) is 0 Å². The summed E-state index contributed by atoms with van der Waals surface area (Å²) in [5, 5.41) is 1.23. The number of thioether (sulfide) groups is 1. The highest BCUT2D eigenvalue weighted by molar-refractivity contribution is 7.98. The monoisotopic (exact) mass is 249 g/mol. The number of nitrogens with zero attached hydrogens (tertiary/aromatic N) is 1. The Morgan fingerprint density at radius 1 is 1.31 bits per heavy atom. The van der Waals surface area contributed by atoms with Crippen LogP contribution in [0.25, 0.3) is 0 Å². The van der Waals surface area contributed by atoms with E-state index in [9.17, 15) is 0 Å². The largest absolute Gasteiger partial charge is 0.249 e. The van der Waals surface area contributed by atoms with Gasteiger partial charge in [-0.3, -0.25) is 0 Å². The summed E-state index contributed by atoms with van der Waals surface area (Å²) < 4.78 is 0. The first-order chi connectivity index (χ1) is 7.79. The number of aromatic nitrogens is 1. The van der Waals surface area contributed by atoms with Gasteiger partial charge in [0.15, 0.2) is 0 Å². The molecule has 0 spiro atoms. The standard InChI is InChI=1S/C13H15NS2/c1-3-11-8-14-13(16-11)9-15-12-7-5-4-6-10(12)2/h4-8H,3,9H2,1-2H3. The molecule has 0 saturated carbocycles. The molecule has 0 aliphatic carbocycles. The fourth-order valence-corrected chi connectivity index (χ4v) is 3.33. The number of hydrogen-bond donors (Lipinski definition) is 0. The molecular weight excluding hydrogens is 234 g/mol. The van der Waals surface area contributed by atoms with Crippen molar-refractivity contribution in [3.8, 4) is 0 Å². The van der Waals surface area contributed by atoms with Crippen molar-refractivity contribution < 1.29 is 0 Å². The van der Waals surface area contributed by atoms with Gasteiger partial charge in [0.2, 0.25) is 0 Å². The van der Waals surface area contributed by atoms with E-state index in [4.69, 9.17) is 0 Å². The van der Waals surface area contributed by atoms with Gasteiger partial charge in [-0.1, -0.05) is 25.1 Å². The van der Waals surface area contributed by atoms with E-state index in [0.717, 1.165) is 12.2 Å². The summed E-state index contributed by atoms with van der Waals surface area (Å²) in [5.41, 5.74) is 1.35. The molecule has 0 aliphatic rings. The molecule has 1 heterocycles. The van der Waals surface area contributed by atoms with Gasteiger partial charge in [-0.25, -0.2) is 4.98 Å². The van der Waals surface area contributed by atoms with Gasteiger partial charge in [0.1, 0.15) is 5.01 Å². The lowest BCUT2D eigenvalue weighted by molar-refractivity contribution is 1.16. The first kappa shape index (κ1) is 11.7. The zero-order chi connectivity index (χ0) is 11.4. The Kier molecular flexibility index (Phi) is 4.02. The molecule has 84 valence electrons. The molecule has 0 unspecified atom stereocenters. The third kappa shape index (κ3) is 2.86. The van der Waals surface area contributed by atoms with E-state index in [1.54, 1.807) is 0 Å². The molecule has 0 radical (unpaired) electrons. The molecule has 0 bridgehead atoms. The lowest BCUT2D eigenvalue weighted by Crippen LogP contribution is -1.81. The maximum absolute atomic E-state index is 4.43. The normalized spacial score (nSPS) is 10.6. The van der Waals surface area contributed by atoms with Gasteiger partial charge >= 0.3 is 0 Å². The third-order valence-corrected chi connectivity index (χ3v) is 4.91. The Morgan fingerprint density at radius 3 is 2.81 bits per heavy atom. The van der Waals surface area contributed by atoms with Crippen LogP contribution in [-0.4, -0.2) is 4.98 Å². The van der Waals surface area contributed by atoms with Gasteiger partial charge in [-0.05, 0) is 25.0 Å². The molecule has 0 atom stereocenters. The summed E-state index contributed by atoms with van der Waals surface area (Å²) in [5.74, 6) is 0.982. The molecule has 3 heteroatoms. The number of rotatable bonds is 4. The second-order valence-electron chi connectivity index (χ2n) is 3.63. The summed E-state index contributed by atoms with van der Waals surface area (Å²) in [6, 6.07) is 8.50. The fraction of sp³-hybridized carbons (Fsp3) is 0.308. The fourth-order valence-electron chi connectivity index (χ4n) is 1.44. The average Bonchev–Trinajstić information content (AvgIpc) is 2.76. The van der Waals surface area contributed by atoms with Gasteiger partial charge in [0.05, 0.1) is 5.75 Å². The van der Waals surface area contributed by atoms with E-state index in [1.807, 2.05) is 29.3 Å². The SMILES string of the molecule is CCc1cnc(CSc2ccccc2C)s1. The van der Waals surface area contributed by atoms with E-state index >= 15 is 0 Å². The van der Waals surface area contributed by atoms with Gasteiger partial charge in [-0.15, -0.1) is 23.1 Å². The van der Waals surface area contributed by atoms with Gasteiger partial charge < -0.3 is 0 Å². The van der Waals surface area contributed by atoms with E-state index in [-0.39, 0.29) is 0 Å². The molecular formula is C13H15NS2. The maximum atomic E-state index is 4.43. The molecule has 0 N–H and O–H groups in total. The van der Waals surface area contributed by atoms with Crippen molar-refractivity contribution in [3.63, 3.8) is 0 Å². The molecule has 0 aliphatic heterocycles. The van der Waals surface area contributed by atoms with Crippen molar-refractivity contribution in [1.29, 1.82) is 0 Å². The van der Waals surface area contributed by atoms with E-state index < -0.39 is 0 Å². The number of thiazole rings is 1. The van der Waals surface area contributed by atoms with Crippen LogP contribution < -0.4 is 0 Å². The van der Waals surface area contributed by atoms with Crippen molar-refractivity contribution in [3.05, 3.63) is 45.9 Å². The van der Waals surface area contributed by atoms with Crippen LogP contribution in [0.3, 0.4) is 0 Å². The summed E-state index contributed by atoms with van der Waals surface area (Å²) in [4.78, 5) is 7.16. The van der Waals surface area contributed by atoms with Crippen LogP contribution in [0.2, 0.25) is 0 Å². The predicted molar refractivity (Wildman–Crippen MR) is 72.2 cm³/mol. The maximum Gasteiger partial charge on any atom is 0.103 e. The average molecular weight is 249 g/mol. The molecule has 1 aromatic carbocycles. The topological polar surface area (TPSA) is 12.9 Å². The number of benzene rings is 1. The van der Waals surface area contributed by atoms with Crippen molar-refractivity contribution in [2.24, 2.45) is 0 Å². The summed E-state index contributed by atoms with van der Waals surface area (Å²) >= 11 is 3.70. The van der Waals surface area contributed by atoms with Crippen molar-refractivity contribution in [2.75, 3.05) is 0 Å². The van der Waals surface area contributed by atoms with E-state index in [0.29, 0.717) is 0 Å². The second-order valence-corrected chi connectivity index (χ2v) is 5.84. The Bertz CT molecular complexity index is 462. The zero-order valence-corrected chi connectivity index (χ0v) is 11.2. The molecule has 1 aromatic heterocycles. The van der Waals surface area contributed by atoms with E-state index in [1.165, 1.54) is 20.3 Å². The zero-order valence-electron chi connectivity index (χ0n) is 9.56. The second kappa shape index (κ2) is 5.51. The molecule has 2 aromatic rings. The lowest BCUT2D eigenvalue weighted by atomic mass is 10.2. The van der Waals surface area contributed by atoms with Crippen LogP contribution in [0.4, 0.5) is 0 Å². The van der Waals surface area contributed by atoms with Crippen LogP contribution in [0, 0.1) is 6.92 Å². The molecule has 1 nitrogen and oxygen atoms in total. The highest BCUT2D eigenvalue weighted by Crippen LogP contribution is 2.27. The van der Waals surface area contributed by atoms with Crippen LogP contribution in [0.1, 0.15) is 22.4 Å². The molecule has 16 heavy (non-hydrogen) atoms. The summed E-state index contributed by atoms with van der Waals surface area (Å²) in [7, 11) is 0. The highest BCUT2D eigenvalue weighted by Gasteiger charge is 2.03. The van der Waals surface area contributed by atoms with Gasteiger partial charge in [0, 0.05) is 16.0 Å². The molecule has 0 fully saturated rings.